The summed E-state index contributed by atoms with van der Waals surface area (Å²) in [4.78, 5) is 10.9. The monoisotopic (exact) mass is 311 g/mol. The Kier molecular flexibility index (Phi) is 4.55. The Labute approximate surface area is 123 Å². The number of phenols is 1. The number of nitrogens with one attached hydrogen (secondary N) is 1. The van der Waals surface area contributed by atoms with Crippen molar-refractivity contribution in [2.45, 2.75) is 6.42 Å². The van der Waals surface area contributed by atoms with Gasteiger partial charge < -0.3 is 15.5 Å². The number of halogens is 3. The predicted molar refractivity (Wildman–Crippen MR) is 73.6 cm³/mol. The highest BCUT2D eigenvalue weighted by atomic mass is 19.2. The summed E-state index contributed by atoms with van der Waals surface area (Å²) in [7, 11) is 0. The quantitative estimate of drug-likeness (QED) is 0.586. The minimum atomic E-state index is -1.52. The normalized spacial score (nSPS) is 10.5. The van der Waals surface area contributed by atoms with Crippen LogP contribution in [0.5, 0.6) is 5.75 Å². The molecule has 0 amide bonds. The molecule has 0 aliphatic heterocycles. The molecule has 0 saturated carbocycles. The van der Waals surface area contributed by atoms with E-state index in [2.05, 4.69) is 5.32 Å². The number of carboxylic acids is 1. The summed E-state index contributed by atoms with van der Waals surface area (Å²) in [5, 5.41) is 21.1. The SMILES string of the molecule is O=C(O)c1cc(NCCc2ccc(F)c(F)c2F)ccc1O. The Hall–Kier alpha value is -2.70. The molecule has 0 heterocycles. The first-order valence-electron chi connectivity index (χ1n) is 6.32. The topological polar surface area (TPSA) is 69.6 Å². The van der Waals surface area contributed by atoms with Crippen LogP contribution < -0.4 is 5.32 Å². The summed E-state index contributed by atoms with van der Waals surface area (Å²) in [5.74, 6) is -5.66. The van der Waals surface area contributed by atoms with Crippen LogP contribution in [0, 0.1) is 17.5 Å². The summed E-state index contributed by atoms with van der Waals surface area (Å²) in [6, 6.07) is 5.87. The van der Waals surface area contributed by atoms with E-state index >= 15 is 0 Å². The van der Waals surface area contributed by atoms with Crippen LogP contribution in [-0.4, -0.2) is 22.7 Å². The smallest absolute Gasteiger partial charge is 0.339 e. The lowest BCUT2D eigenvalue weighted by atomic mass is 10.1. The largest absolute Gasteiger partial charge is 0.507 e. The molecule has 22 heavy (non-hydrogen) atoms. The summed E-state index contributed by atoms with van der Waals surface area (Å²) in [6.07, 6.45) is 0.0757. The number of hydrogen-bond acceptors (Lipinski definition) is 3. The van der Waals surface area contributed by atoms with Crippen LogP contribution in [-0.2, 0) is 6.42 Å². The zero-order valence-electron chi connectivity index (χ0n) is 11.2. The number of carboxylic acid groups (broad SMARTS) is 1. The maximum atomic E-state index is 13.5. The molecule has 0 aliphatic rings. The highest BCUT2D eigenvalue weighted by Gasteiger charge is 2.13. The lowest BCUT2D eigenvalue weighted by Crippen LogP contribution is -2.08. The van der Waals surface area contributed by atoms with Crippen LogP contribution in [0.15, 0.2) is 30.3 Å². The van der Waals surface area contributed by atoms with Crippen molar-refractivity contribution in [2.75, 3.05) is 11.9 Å². The predicted octanol–water partition coefficient (Wildman–Crippen LogP) is 3.16. The highest BCUT2D eigenvalue weighted by Crippen LogP contribution is 2.21. The molecular formula is C15H12F3NO3. The molecule has 2 aromatic carbocycles. The van der Waals surface area contributed by atoms with Crippen molar-refractivity contribution in [1.29, 1.82) is 0 Å². The van der Waals surface area contributed by atoms with Gasteiger partial charge in [0.15, 0.2) is 17.5 Å². The second-order valence-electron chi connectivity index (χ2n) is 4.55. The second kappa shape index (κ2) is 6.38. The molecule has 0 bridgehead atoms. The number of aromatic hydroxyl groups is 1. The molecule has 4 nitrogen and oxygen atoms in total. The number of aromatic carboxylic acids is 1. The third kappa shape index (κ3) is 3.30. The van der Waals surface area contributed by atoms with Gasteiger partial charge in [-0.25, -0.2) is 18.0 Å². The van der Waals surface area contributed by atoms with Gasteiger partial charge >= 0.3 is 5.97 Å². The van der Waals surface area contributed by atoms with Crippen molar-refractivity contribution in [1.82, 2.24) is 0 Å². The summed E-state index contributed by atoms with van der Waals surface area (Å²) >= 11 is 0. The maximum absolute atomic E-state index is 13.5. The number of rotatable bonds is 5. The van der Waals surface area contributed by atoms with Crippen LogP contribution >= 0.6 is 0 Å². The molecular weight excluding hydrogens is 299 g/mol. The first-order valence-corrected chi connectivity index (χ1v) is 6.32. The van der Waals surface area contributed by atoms with E-state index in [1.165, 1.54) is 18.2 Å². The molecule has 2 aromatic rings. The average molecular weight is 311 g/mol. The molecule has 0 aromatic heterocycles. The molecule has 116 valence electrons. The Bertz CT molecular complexity index is 719. The van der Waals surface area contributed by atoms with Gasteiger partial charge in [0, 0.05) is 12.2 Å². The third-order valence-electron chi connectivity index (χ3n) is 3.07. The number of carbonyl (C=O) groups is 1. The van der Waals surface area contributed by atoms with Crippen LogP contribution in [0.3, 0.4) is 0 Å². The number of hydrogen-bond donors (Lipinski definition) is 3. The van der Waals surface area contributed by atoms with E-state index in [0.29, 0.717) is 5.69 Å². The van der Waals surface area contributed by atoms with E-state index in [4.69, 9.17) is 5.11 Å². The Balaban J connectivity index is 2.04. The molecule has 3 N–H and O–H groups in total. The highest BCUT2D eigenvalue weighted by molar-refractivity contribution is 5.91. The Morgan fingerprint density at radius 2 is 1.82 bits per heavy atom. The van der Waals surface area contributed by atoms with E-state index < -0.39 is 23.4 Å². The van der Waals surface area contributed by atoms with Gasteiger partial charge in [0.25, 0.3) is 0 Å². The summed E-state index contributed by atoms with van der Waals surface area (Å²) < 4.78 is 39.3. The fraction of sp³-hybridized carbons (Fsp3) is 0.133. The average Bonchev–Trinajstić information content (AvgIpc) is 2.48. The van der Waals surface area contributed by atoms with Crippen molar-refractivity contribution >= 4 is 11.7 Å². The van der Waals surface area contributed by atoms with Gasteiger partial charge in [-0.2, -0.15) is 0 Å². The van der Waals surface area contributed by atoms with E-state index in [0.717, 1.165) is 12.1 Å². The van der Waals surface area contributed by atoms with Crippen molar-refractivity contribution < 1.29 is 28.2 Å². The van der Waals surface area contributed by atoms with Crippen LogP contribution in [0.1, 0.15) is 15.9 Å². The van der Waals surface area contributed by atoms with Crippen molar-refractivity contribution in [3.05, 3.63) is 58.9 Å². The second-order valence-corrected chi connectivity index (χ2v) is 4.55. The standard InChI is InChI=1S/C15H12F3NO3/c16-11-3-1-8(13(17)14(11)18)5-6-19-9-2-4-12(20)10(7-9)15(21)22/h1-4,7,19-20H,5-6H2,(H,21,22). The minimum absolute atomic E-state index is 0.00337. The lowest BCUT2D eigenvalue weighted by molar-refractivity contribution is 0.0694. The van der Waals surface area contributed by atoms with E-state index in [1.807, 2.05) is 0 Å². The molecule has 0 spiro atoms. The Morgan fingerprint density at radius 3 is 2.50 bits per heavy atom. The third-order valence-corrected chi connectivity index (χ3v) is 3.07. The van der Waals surface area contributed by atoms with E-state index in [9.17, 15) is 23.1 Å². The Morgan fingerprint density at radius 1 is 1.09 bits per heavy atom. The van der Waals surface area contributed by atoms with Gasteiger partial charge in [-0.1, -0.05) is 6.07 Å². The molecule has 0 radical (unpaired) electrons. The lowest BCUT2D eigenvalue weighted by Gasteiger charge is -2.09. The van der Waals surface area contributed by atoms with Crippen LogP contribution in [0.25, 0.3) is 0 Å². The maximum Gasteiger partial charge on any atom is 0.339 e. The minimum Gasteiger partial charge on any atom is -0.507 e. The number of anilines is 1. The molecule has 0 unspecified atom stereocenters. The first kappa shape index (κ1) is 15.7. The zero-order valence-corrected chi connectivity index (χ0v) is 11.2. The van der Waals surface area contributed by atoms with Gasteiger partial charge in [-0.05, 0) is 36.2 Å². The molecule has 7 heteroatoms. The molecule has 0 atom stereocenters. The molecule has 0 aliphatic carbocycles. The number of benzene rings is 2. The first-order chi connectivity index (χ1) is 10.4. The molecule has 2 rings (SSSR count). The molecule has 0 fully saturated rings. The summed E-state index contributed by atoms with van der Waals surface area (Å²) in [6.45, 7) is 0.172. The zero-order chi connectivity index (χ0) is 16.3. The van der Waals surface area contributed by atoms with Crippen molar-refractivity contribution in [3.63, 3.8) is 0 Å². The van der Waals surface area contributed by atoms with Gasteiger partial charge in [0.1, 0.15) is 11.3 Å². The van der Waals surface area contributed by atoms with Gasteiger partial charge in [0.2, 0.25) is 0 Å². The fourth-order valence-corrected chi connectivity index (χ4v) is 1.92. The van der Waals surface area contributed by atoms with Gasteiger partial charge in [0.05, 0.1) is 0 Å². The summed E-state index contributed by atoms with van der Waals surface area (Å²) in [5.41, 5.74) is 0.130. The van der Waals surface area contributed by atoms with Crippen LogP contribution in [0.2, 0.25) is 0 Å². The van der Waals surface area contributed by atoms with Gasteiger partial charge in [-0.15, -0.1) is 0 Å². The van der Waals surface area contributed by atoms with Crippen LogP contribution in [0.4, 0.5) is 18.9 Å². The fourth-order valence-electron chi connectivity index (χ4n) is 1.92. The van der Waals surface area contributed by atoms with Crippen molar-refractivity contribution in [2.24, 2.45) is 0 Å². The van der Waals surface area contributed by atoms with E-state index in [1.54, 1.807) is 0 Å². The van der Waals surface area contributed by atoms with Crippen molar-refractivity contribution in [3.8, 4) is 5.75 Å². The van der Waals surface area contributed by atoms with E-state index in [-0.39, 0.29) is 29.8 Å². The molecule has 0 saturated heterocycles. The van der Waals surface area contributed by atoms with Gasteiger partial charge in [-0.3, -0.25) is 0 Å².